The van der Waals surface area contributed by atoms with E-state index in [0.29, 0.717) is 28.8 Å². The third kappa shape index (κ3) is 4.04. The van der Waals surface area contributed by atoms with Gasteiger partial charge in [0.05, 0.1) is 0 Å². The molecule has 1 aromatic heterocycles. The van der Waals surface area contributed by atoms with Crippen molar-refractivity contribution in [1.29, 1.82) is 0 Å². The Bertz CT molecular complexity index is 728. The van der Waals surface area contributed by atoms with Crippen LogP contribution in [-0.2, 0) is 6.61 Å². The van der Waals surface area contributed by atoms with Crippen LogP contribution in [0.5, 0.6) is 5.75 Å². The molecule has 24 heavy (non-hydrogen) atoms. The third-order valence-corrected chi connectivity index (χ3v) is 4.09. The first-order valence-corrected chi connectivity index (χ1v) is 8.11. The first-order valence-electron chi connectivity index (χ1n) is 8.11. The van der Waals surface area contributed by atoms with Gasteiger partial charge >= 0.3 is 0 Å². The fourth-order valence-corrected chi connectivity index (χ4v) is 2.47. The van der Waals surface area contributed by atoms with E-state index in [1.807, 2.05) is 0 Å². The molecule has 1 saturated carbocycles. The van der Waals surface area contributed by atoms with Gasteiger partial charge in [-0.2, -0.15) is 0 Å². The van der Waals surface area contributed by atoms with Gasteiger partial charge in [-0.05, 0) is 62.1 Å². The van der Waals surface area contributed by atoms with Gasteiger partial charge in [-0.3, -0.25) is 9.59 Å². The molecule has 1 aliphatic carbocycles. The minimum atomic E-state index is -0.0982. The molecule has 0 aliphatic heterocycles. The molecule has 0 bridgehead atoms. The van der Waals surface area contributed by atoms with Gasteiger partial charge < -0.3 is 14.1 Å². The molecule has 1 fully saturated rings. The van der Waals surface area contributed by atoms with Gasteiger partial charge in [0.15, 0.2) is 11.5 Å². The summed E-state index contributed by atoms with van der Waals surface area (Å²) in [4.78, 5) is 25.2. The monoisotopic (exact) mass is 327 g/mol. The second-order valence-electron chi connectivity index (χ2n) is 6.26. The van der Waals surface area contributed by atoms with Crippen LogP contribution in [-0.4, -0.2) is 30.2 Å². The van der Waals surface area contributed by atoms with Crippen LogP contribution in [0.2, 0.25) is 0 Å². The van der Waals surface area contributed by atoms with Crippen LogP contribution in [0.3, 0.4) is 0 Å². The second-order valence-corrected chi connectivity index (χ2v) is 6.26. The summed E-state index contributed by atoms with van der Waals surface area (Å²) in [6.07, 6.45) is 2.41. The molecule has 1 aromatic carbocycles. The number of nitrogens with zero attached hydrogens (tertiary/aromatic N) is 1. The maximum Gasteiger partial charge on any atom is 0.289 e. The summed E-state index contributed by atoms with van der Waals surface area (Å²) in [6.45, 7) is 2.55. The lowest BCUT2D eigenvalue weighted by Gasteiger charge is -2.14. The molecule has 0 radical (unpaired) electrons. The molecule has 2 aromatic rings. The summed E-state index contributed by atoms with van der Waals surface area (Å²) in [5.41, 5.74) is 0.645. The zero-order chi connectivity index (χ0) is 17.1. The molecule has 0 N–H and O–H groups in total. The molecule has 3 rings (SSSR count). The highest BCUT2D eigenvalue weighted by Crippen LogP contribution is 2.29. The Balaban J connectivity index is 1.55. The number of benzene rings is 1. The number of hydrogen-bond acceptors (Lipinski definition) is 4. The van der Waals surface area contributed by atoms with E-state index < -0.39 is 0 Å². The lowest BCUT2D eigenvalue weighted by atomic mass is 10.1. The number of amides is 1. The fourth-order valence-electron chi connectivity index (χ4n) is 2.47. The predicted molar refractivity (Wildman–Crippen MR) is 89.2 cm³/mol. The first-order chi connectivity index (χ1) is 11.5. The summed E-state index contributed by atoms with van der Waals surface area (Å²) in [5.74, 6) is 2.15. The first kappa shape index (κ1) is 16.3. The number of hydrogen-bond donors (Lipinski definition) is 0. The Morgan fingerprint density at radius 1 is 1.17 bits per heavy atom. The number of ketones is 1. The number of carbonyl (C=O) groups excluding carboxylic acids is 2. The highest BCUT2D eigenvalue weighted by atomic mass is 16.5. The largest absolute Gasteiger partial charge is 0.486 e. The van der Waals surface area contributed by atoms with Gasteiger partial charge in [-0.15, -0.1) is 0 Å². The highest BCUT2D eigenvalue weighted by molar-refractivity contribution is 5.94. The molecule has 0 atom stereocenters. The average molecular weight is 327 g/mol. The molecule has 5 nitrogen and oxygen atoms in total. The average Bonchev–Trinajstić information content (AvgIpc) is 3.26. The Kier molecular flexibility index (Phi) is 4.69. The lowest BCUT2D eigenvalue weighted by molar-refractivity contribution is 0.0753. The van der Waals surface area contributed by atoms with Crippen molar-refractivity contribution in [3.63, 3.8) is 0 Å². The van der Waals surface area contributed by atoms with E-state index in [-0.39, 0.29) is 18.3 Å². The number of furan rings is 1. The zero-order valence-corrected chi connectivity index (χ0v) is 14.0. The van der Waals surface area contributed by atoms with Crippen LogP contribution in [0.15, 0.2) is 40.8 Å². The topological polar surface area (TPSA) is 59.8 Å². The molecule has 1 heterocycles. The molecule has 0 saturated heterocycles. The highest BCUT2D eigenvalue weighted by Gasteiger charge is 2.26. The Morgan fingerprint density at radius 3 is 2.50 bits per heavy atom. The van der Waals surface area contributed by atoms with Crippen molar-refractivity contribution in [2.45, 2.75) is 26.4 Å². The molecule has 1 amide bonds. The van der Waals surface area contributed by atoms with Crippen molar-refractivity contribution in [3.05, 3.63) is 53.5 Å². The van der Waals surface area contributed by atoms with Crippen LogP contribution < -0.4 is 4.74 Å². The minimum Gasteiger partial charge on any atom is -0.486 e. The minimum absolute atomic E-state index is 0.0195. The van der Waals surface area contributed by atoms with E-state index in [4.69, 9.17) is 9.15 Å². The van der Waals surface area contributed by atoms with Gasteiger partial charge in [0.25, 0.3) is 5.91 Å². The number of carbonyl (C=O) groups is 2. The Labute approximate surface area is 141 Å². The van der Waals surface area contributed by atoms with E-state index in [1.54, 1.807) is 48.3 Å². The van der Waals surface area contributed by atoms with Gasteiger partial charge in [-0.1, -0.05) is 0 Å². The van der Waals surface area contributed by atoms with Crippen molar-refractivity contribution < 1.29 is 18.7 Å². The predicted octanol–water partition coefficient (Wildman–Crippen LogP) is 3.54. The van der Waals surface area contributed by atoms with Crippen LogP contribution in [0.25, 0.3) is 0 Å². The van der Waals surface area contributed by atoms with Gasteiger partial charge in [0, 0.05) is 19.2 Å². The van der Waals surface area contributed by atoms with Gasteiger partial charge in [-0.25, -0.2) is 0 Å². The summed E-state index contributed by atoms with van der Waals surface area (Å²) < 4.78 is 11.2. The molecular formula is C19H21NO4. The van der Waals surface area contributed by atoms with Crippen LogP contribution in [0.1, 0.15) is 46.4 Å². The summed E-state index contributed by atoms with van der Waals surface area (Å²) in [7, 11) is 1.80. The lowest BCUT2D eigenvalue weighted by Crippen LogP contribution is -2.28. The van der Waals surface area contributed by atoms with Crippen molar-refractivity contribution in [3.8, 4) is 5.75 Å². The fraction of sp³-hybridized carbons (Fsp3) is 0.368. The van der Waals surface area contributed by atoms with Crippen molar-refractivity contribution in [1.82, 2.24) is 4.90 Å². The Morgan fingerprint density at radius 2 is 1.88 bits per heavy atom. The maximum atomic E-state index is 12.3. The van der Waals surface area contributed by atoms with Crippen LogP contribution >= 0.6 is 0 Å². The smallest absolute Gasteiger partial charge is 0.289 e. The second kappa shape index (κ2) is 6.91. The van der Waals surface area contributed by atoms with Gasteiger partial charge in [0.1, 0.15) is 18.1 Å². The SMILES string of the molecule is CC(=O)c1ccc(OCc2ccc(C(=O)N(C)CC3CC3)o2)cc1. The third-order valence-electron chi connectivity index (χ3n) is 4.09. The standard InChI is InChI=1S/C19H21NO4/c1-13(21)15-5-7-16(8-6-15)23-12-17-9-10-18(24-17)19(22)20(2)11-14-3-4-14/h5-10,14H,3-4,11-12H2,1-2H3. The van der Waals surface area contributed by atoms with Crippen molar-refractivity contribution >= 4 is 11.7 Å². The van der Waals surface area contributed by atoms with Crippen LogP contribution in [0.4, 0.5) is 0 Å². The molecule has 126 valence electrons. The molecule has 1 aliphatic rings. The van der Waals surface area contributed by atoms with Crippen LogP contribution in [0, 0.1) is 5.92 Å². The number of rotatable bonds is 7. The summed E-state index contributed by atoms with van der Waals surface area (Å²) in [6, 6.07) is 10.4. The Hall–Kier alpha value is -2.56. The number of ether oxygens (including phenoxy) is 1. The summed E-state index contributed by atoms with van der Waals surface area (Å²) in [5, 5.41) is 0. The maximum absolute atomic E-state index is 12.3. The normalized spacial score (nSPS) is 13.6. The molecule has 5 heteroatoms. The quantitative estimate of drug-likeness (QED) is 0.730. The van der Waals surface area contributed by atoms with Gasteiger partial charge in [0.2, 0.25) is 0 Å². The molecule has 0 unspecified atom stereocenters. The van der Waals surface area contributed by atoms with E-state index in [0.717, 1.165) is 6.54 Å². The van der Waals surface area contributed by atoms with Crippen molar-refractivity contribution in [2.75, 3.05) is 13.6 Å². The molecular weight excluding hydrogens is 306 g/mol. The molecule has 0 spiro atoms. The summed E-state index contributed by atoms with van der Waals surface area (Å²) >= 11 is 0. The van der Waals surface area contributed by atoms with E-state index >= 15 is 0 Å². The number of Topliss-reactive ketones (excluding diaryl/α,β-unsaturated/α-hetero) is 1. The van der Waals surface area contributed by atoms with E-state index in [2.05, 4.69) is 0 Å². The zero-order valence-electron chi connectivity index (χ0n) is 14.0. The van der Waals surface area contributed by atoms with Crippen molar-refractivity contribution in [2.24, 2.45) is 5.92 Å². The van der Waals surface area contributed by atoms with E-state index in [9.17, 15) is 9.59 Å². The van der Waals surface area contributed by atoms with E-state index in [1.165, 1.54) is 19.8 Å².